The summed E-state index contributed by atoms with van der Waals surface area (Å²) in [4.78, 5) is 14.7. The molecule has 0 bridgehead atoms. The van der Waals surface area contributed by atoms with Gasteiger partial charge in [0.25, 0.3) is 0 Å². The highest BCUT2D eigenvalue weighted by Crippen LogP contribution is 2.30. The first-order valence-corrected chi connectivity index (χ1v) is 9.83. The van der Waals surface area contributed by atoms with E-state index in [1.807, 2.05) is 60.7 Å². The quantitative estimate of drug-likeness (QED) is 0.484. The van der Waals surface area contributed by atoms with Crippen molar-refractivity contribution in [2.75, 3.05) is 11.9 Å². The van der Waals surface area contributed by atoms with E-state index in [-0.39, 0.29) is 11.8 Å². The molecule has 0 unspecified atom stereocenters. The van der Waals surface area contributed by atoms with Crippen LogP contribution in [0.4, 0.5) is 14.9 Å². The molecule has 0 saturated carbocycles. The third-order valence-electron chi connectivity index (χ3n) is 5.28. The van der Waals surface area contributed by atoms with Crippen LogP contribution in [0.1, 0.15) is 5.69 Å². The number of fused-ring (bicyclic) bond motifs is 3. The van der Waals surface area contributed by atoms with Crippen molar-refractivity contribution in [1.82, 2.24) is 9.47 Å². The van der Waals surface area contributed by atoms with Crippen LogP contribution in [0.2, 0.25) is 0 Å². The van der Waals surface area contributed by atoms with E-state index in [4.69, 9.17) is 4.74 Å². The Labute approximate surface area is 173 Å². The molecule has 6 heteroatoms. The highest BCUT2D eigenvalue weighted by Gasteiger charge is 2.23. The van der Waals surface area contributed by atoms with Crippen LogP contribution in [0, 0.1) is 5.82 Å². The fourth-order valence-corrected chi connectivity index (χ4v) is 3.83. The average Bonchev–Trinajstić information content (AvgIpc) is 3.12. The highest BCUT2D eigenvalue weighted by atomic mass is 19.1. The van der Waals surface area contributed by atoms with Crippen LogP contribution in [0.15, 0.2) is 78.9 Å². The van der Waals surface area contributed by atoms with E-state index in [1.54, 1.807) is 11.0 Å². The van der Waals surface area contributed by atoms with Gasteiger partial charge in [-0.25, -0.2) is 9.18 Å². The third kappa shape index (κ3) is 3.48. The molecule has 0 spiro atoms. The topological polar surface area (TPSA) is 46.5 Å². The summed E-state index contributed by atoms with van der Waals surface area (Å²) in [5, 5.41) is 3.82. The number of rotatable bonds is 3. The largest absolute Gasteiger partial charge is 0.455 e. The first kappa shape index (κ1) is 18.2. The monoisotopic (exact) mass is 401 g/mol. The summed E-state index contributed by atoms with van der Waals surface area (Å²) < 4.78 is 21.6. The van der Waals surface area contributed by atoms with E-state index in [1.165, 1.54) is 12.1 Å². The van der Waals surface area contributed by atoms with Gasteiger partial charge in [0.15, 0.2) is 5.75 Å². The van der Waals surface area contributed by atoms with Gasteiger partial charge in [-0.1, -0.05) is 30.3 Å². The van der Waals surface area contributed by atoms with Crippen molar-refractivity contribution in [1.29, 1.82) is 0 Å². The van der Waals surface area contributed by atoms with Crippen molar-refractivity contribution in [3.05, 3.63) is 90.4 Å². The van der Waals surface area contributed by atoms with Gasteiger partial charge in [0.05, 0.1) is 12.2 Å². The number of anilines is 1. The first-order chi connectivity index (χ1) is 14.7. The van der Waals surface area contributed by atoms with Crippen molar-refractivity contribution in [2.45, 2.75) is 13.1 Å². The standard InChI is InChI=1S/C24H20FN3O2/c25-18-10-11-22-17(14-18)15-19-16-27(12-13-28(19)22)24(29)26-21-8-4-5-9-23(21)30-20-6-2-1-3-7-20/h1-11,14-15H,12-13,16H2,(H,26,29). The van der Waals surface area contributed by atoms with Crippen molar-refractivity contribution >= 4 is 22.6 Å². The lowest BCUT2D eigenvalue weighted by molar-refractivity contribution is 0.198. The molecule has 1 aromatic heterocycles. The molecule has 2 heterocycles. The second-order valence-corrected chi connectivity index (χ2v) is 7.25. The molecule has 150 valence electrons. The van der Waals surface area contributed by atoms with Crippen LogP contribution in [0.3, 0.4) is 0 Å². The third-order valence-corrected chi connectivity index (χ3v) is 5.28. The minimum atomic E-state index is -0.255. The minimum absolute atomic E-state index is 0.193. The molecular formula is C24H20FN3O2. The maximum atomic E-state index is 13.5. The van der Waals surface area contributed by atoms with Crippen molar-refractivity contribution in [2.24, 2.45) is 0 Å². The van der Waals surface area contributed by atoms with E-state index >= 15 is 0 Å². The zero-order valence-electron chi connectivity index (χ0n) is 16.2. The van der Waals surface area contributed by atoms with Gasteiger partial charge in [-0.3, -0.25) is 0 Å². The Hall–Kier alpha value is -3.80. The number of aromatic nitrogens is 1. The number of para-hydroxylation sites is 3. The number of ether oxygens (including phenoxy) is 1. The highest BCUT2D eigenvalue weighted by molar-refractivity contribution is 5.91. The van der Waals surface area contributed by atoms with Gasteiger partial charge in [0.2, 0.25) is 0 Å². The van der Waals surface area contributed by atoms with E-state index in [0.717, 1.165) is 16.6 Å². The fraction of sp³-hybridized carbons (Fsp3) is 0.125. The molecule has 3 aromatic carbocycles. The maximum absolute atomic E-state index is 13.5. The summed E-state index contributed by atoms with van der Waals surface area (Å²) in [7, 11) is 0. The first-order valence-electron chi connectivity index (χ1n) is 9.83. The second kappa shape index (κ2) is 7.55. The Balaban J connectivity index is 1.34. The van der Waals surface area contributed by atoms with Crippen LogP contribution in [-0.4, -0.2) is 22.0 Å². The predicted molar refractivity (Wildman–Crippen MR) is 114 cm³/mol. The van der Waals surface area contributed by atoms with Crippen LogP contribution in [-0.2, 0) is 13.1 Å². The molecular weight excluding hydrogens is 381 g/mol. The number of urea groups is 1. The Bertz CT molecular complexity index is 1220. The van der Waals surface area contributed by atoms with E-state index < -0.39 is 0 Å². The Morgan fingerprint density at radius 1 is 0.933 bits per heavy atom. The van der Waals surface area contributed by atoms with E-state index in [2.05, 4.69) is 9.88 Å². The Kier molecular flexibility index (Phi) is 4.59. The molecule has 1 aliphatic heterocycles. The average molecular weight is 401 g/mol. The van der Waals surface area contributed by atoms with Crippen molar-refractivity contribution in [3.8, 4) is 11.5 Å². The summed E-state index contributed by atoms with van der Waals surface area (Å²) in [5.74, 6) is 1.03. The summed E-state index contributed by atoms with van der Waals surface area (Å²) in [5.41, 5.74) is 2.60. The molecule has 1 aliphatic rings. The smallest absolute Gasteiger partial charge is 0.322 e. The molecule has 4 aromatic rings. The maximum Gasteiger partial charge on any atom is 0.322 e. The number of carbonyl (C=O) groups excluding carboxylic acids is 1. The van der Waals surface area contributed by atoms with Gasteiger partial charge < -0.3 is 19.5 Å². The van der Waals surface area contributed by atoms with Gasteiger partial charge in [-0.05, 0) is 48.5 Å². The molecule has 5 nitrogen and oxygen atoms in total. The van der Waals surface area contributed by atoms with Crippen molar-refractivity contribution < 1.29 is 13.9 Å². The van der Waals surface area contributed by atoms with Crippen LogP contribution in [0.5, 0.6) is 11.5 Å². The Morgan fingerprint density at radius 2 is 1.73 bits per heavy atom. The lowest BCUT2D eigenvalue weighted by Crippen LogP contribution is -2.40. The van der Waals surface area contributed by atoms with Crippen molar-refractivity contribution in [3.63, 3.8) is 0 Å². The summed E-state index contributed by atoms with van der Waals surface area (Å²) in [6.07, 6.45) is 0. The molecule has 0 aliphatic carbocycles. The van der Waals surface area contributed by atoms with Crippen LogP contribution in [0.25, 0.3) is 10.9 Å². The normalized spacial score (nSPS) is 13.2. The molecule has 5 rings (SSSR count). The lowest BCUT2D eigenvalue weighted by atomic mass is 10.2. The predicted octanol–water partition coefficient (Wildman–Crippen LogP) is 5.62. The molecule has 0 saturated heterocycles. The molecule has 0 fully saturated rings. The number of nitrogens with zero attached hydrogens (tertiary/aromatic N) is 2. The van der Waals surface area contributed by atoms with Crippen LogP contribution >= 0.6 is 0 Å². The number of benzene rings is 3. The lowest BCUT2D eigenvalue weighted by Gasteiger charge is -2.29. The van der Waals surface area contributed by atoms with E-state index in [9.17, 15) is 9.18 Å². The van der Waals surface area contributed by atoms with Gasteiger partial charge in [0, 0.05) is 29.7 Å². The van der Waals surface area contributed by atoms with Gasteiger partial charge in [0.1, 0.15) is 11.6 Å². The SMILES string of the molecule is O=C(Nc1ccccc1Oc1ccccc1)N1CCn2c(cc3cc(F)ccc32)C1. The second-order valence-electron chi connectivity index (χ2n) is 7.25. The molecule has 1 N–H and O–H groups in total. The van der Waals surface area contributed by atoms with Crippen LogP contribution < -0.4 is 10.1 Å². The minimum Gasteiger partial charge on any atom is -0.455 e. The number of hydrogen-bond acceptors (Lipinski definition) is 2. The molecule has 2 amide bonds. The van der Waals surface area contributed by atoms with Gasteiger partial charge >= 0.3 is 6.03 Å². The molecule has 30 heavy (non-hydrogen) atoms. The summed E-state index contributed by atoms with van der Waals surface area (Å²) in [6.45, 7) is 1.70. The number of hydrogen-bond donors (Lipinski definition) is 1. The molecule has 0 radical (unpaired) electrons. The summed E-state index contributed by atoms with van der Waals surface area (Å²) in [6, 6.07) is 23.4. The number of carbonyl (C=O) groups is 1. The van der Waals surface area contributed by atoms with Gasteiger partial charge in [-0.2, -0.15) is 0 Å². The number of nitrogens with one attached hydrogen (secondary N) is 1. The Morgan fingerprint density at radius 3 is 2.60 bits per heavy atom. The fourth-order valence-electron chi connectivity index (χ4n) is 3.83. The summed E-state index contributed by atoms with van der Waals surface area (Å²) >= 11 is 0. The van der Waals surface area contributed by atoms with Gasteiger partial charge in [-0.15, -0.1) is 0 Å². The zero-order chi connectivity index (χ0) is 20.5. The van der Waals surface area contributed by atoms with E-state index in [0.29, 0.717) is 36.8 Å². The number of halogens is 1. The molecule has 0 atom stereocenters. The zero-order valence-corrected chi connectivity index (χ0v) is 16.2. The number of amides is 2.